The zero-order valence-corrected chi connectivity index (χ0v) is 13.4. The standard InChI is InChI=1S/C15H17N7O2/c1-21-10-11(15(20-21)24-2)14(23)19-6-8-22-7-5-18-13(22)12-9-16-3-4-17-12/h3-5,7,9-10H,6,8H2,1-2H3,(H,19,23). The molecule has 0 aliphatic carbocycles. The van der Waals surface area contributed by atoms with Crippen molar-refractivity contribution in [3.05, 3.63) is 42.7 Å². The van der Waals surface area contributed by atoms with Gasteiger partial charge in [-0.2, -0.15) is 0 Å². The average molecular weight is 327 g/mol. The summed E-state index contributed by atoms with van der Waals surface area (Å²) in [6.45, 7) is 0.987. The third-order valence-corrected chi connectivity index (χ3v) is 3.38. The van der Waals surface area contributed by atoms with Crippen LogP contribution in [0.2, 0.25) is 0 Å². The molecule has 3 aromatic rings. The van der Waals surface area contributed by atoms with Crippen LogP contribution in [0.15, 0.2) is 37.2 Å². The van der Waals surface area contributed by atoms with Gasteiger partial charge in [-0.25, -0.2) is 9.97 Å². The first-order chi connectivity index (χ1) is 11.7. The van der Waals surface area contributed by atoms with Crippen molar-refractivity contribution in [2.75, 3.05) is 13.7 Å². The molecule has 0 spiro atoms. The van der Waals surface area contributed by atoms with E-state index in [9.17, 15) is 4.79 Å². The van der Waals surface area contributed by atoms with Crippen LogP contribution in [0, 0.1) is 0 Å². The second-order valence-corrected chi connectivity index (χ2v) is 5.02. The minimum Gasteiger partial charge on any atom is -0.479 e. The van der Waals surface area contributed by atoms with E-state index >= 15 is 0 Å². The molecule has 0 atom stereocenters. The van der Waals surface area contributed by atoms with E-state index in [1.807, 2.05) is 10.8 Å². The lowest BCUT2D eigenvalue weighted by Crippen LogP contribution is -2.27. The highest BCUT2D eigenvalue weighted by Gasteiger charge is 2.16. The van der Waals surface area contributed by atoms with Gasteiger partial charge in [-0.1, -0.05) is 0 Å². The second kappa shape index (κ2) is 6.90. The quantitative estimate of drug-likeness (QED) is 0.708. The number of imidazole rings is 1. The molecule has 1 amide bonds. The van der Waals surface area contributed by atoms with Gasteiger partial charge in [0.1, 0.15) is 11.3 Å². The van der Waals surface area contributed by atoms with Crippen molar-refractivity contribution in [2.45, 2.75) is 6.54 Å². The first-order valence-electron chi connectivity index (χ1n) is 7.32. The minimum absolute atomic E-state index is 0.235. The van der Waals surface area contributed by atoms with Gasteiger partial charge >= 0.3 is 0 Å². The predicted molar refractivity (Wildman–Crippen MR) is 85.3 cm³/mol. The first-order valence-corrected chi connectivity index (χ1v) is 7.32. The van der Waals surface area contributed by atoms with E-state index in [0.717, 1.165) is 0 Å². The molecule has 3 heterocycles. The number of nitrogens with zero attached hydrogens (tertiary/aromatic N) is 6. The second-order valence-electron chi connectivity index (χ2n) is 5.02. The number of aromatic nitrogens is 6. The normalized spacial score (nSPS) is 10.6. The van der Waals surface area contributed by atoms with Crippen molar-refractivity contribution in [2.24, 2.45) is 7.05 Å². The van der Waals surface area contributed by atoms with Gasteiger partial charge < -0.3 is 14.6 Å². The molecule has 0 saturated heterocycles. The Hall–Kier alpha value is -3.23. The molecule has 0 aromatic carbocycles. The Morgan fingerprint density at radius 1 is 1.29 bits per heavy atom. The molecule has 1 N–H and O–H groups in total. The highest BCUT2D eigenvalue weighted by atomic mass is 16.5. The molecule has 0 aliphatic heterocycles. The molecule has 0 radical (unpaired) electrons. The van der Waals surface area contributed by atoms with Gasteiger partial charge in [0.05, 0.1) is 13.3 Å². The molecule has 9 heteroatoms. The van der Waals surface area contributed by atoms with Crippen molar-refractivity contribution in [3.8, 4) is 17.4 Å². The van der Waals surface area contributed by atoms with Gasteiger partial charge in [0.15, 0.2) is 5.82 Å². The largest absolute Gasteiger partial charge is 0.479 e. The molecule has 3 rings (SSSR count). The number of rotatable bonds is 6. The van der Waals surface area contributed by atoms with Crippen LogP contribution in [-0.2, 0) is 13.6 Å². The maximum Gasteiger partial charge on any atom is 0.258 e. The Balaban J connectivity index is 1.63. The van der Waals surface area contributed by atoms with Crippen molar-refractivity contribution < 1.29 is 9.53 Å². The van der Waals surface area contributed by atoms with E-state index in [0.29, 0.717) is 36.1 Å². The fraction of sp³-hybridized carbons (Fsp3) is 0.267. The summed E-state index contributed by atoms with van der Waals surface area (Å²) in [4.78, 5) is 24.8. The zero-order valence-electron chi connectivity index (χ0n) is 13.4. The van der Waals surface area contributed by atoms with Gasteiger partial charge in [0.25, 0.3) is 5.91 Å². The predicted octanol–water partition coefficient (Wildman–Crippen LogP) is 0.512. The van der Waals surface area contributed by atoms with E-state index in [1.165, 1.54) is 11.8 Å². The highest BCUT2D eigenvalue weighted by molar-refractivity contribution is 5.96. The van der Waals surface area contributed by atoms with Crippen LogP contribution in [0.4, 0.5) is 0 Å². The lowest BCUT2D eigenvalue weighted by atomic mass is 10.3. The molecule has 0 unspecified atom stereocenters. The number of ether oxygens (including phenoxy) is 1. The van der Waals surface area contributed by atoms with Crippen LogP contribution < -0.4 is 10.1 Å². The Morgan fingerprint density at radius 2 is 2.17 bits per heavy atom. The van der Waals surface area contributed by atoms with E-state index in [4.69, 9.17) is 4.74 Å². The number of methoxy groups -OCH3 is 1. The molecule has 3 aromatic heterocycles. The molecule has 0 bridgehead atoms. The fourth-order valence-corrected chi connectivity index (χ4v) is 2.30. The third-order valence-electron chi connectivity index (χ3n) is 3.38. The van der Waals surface area contributed by atoms with Crippen LogP contribution in [0.25, 0.3) is 11.5 Å². The third kappa shape index (κ3) is 3.24. The summed E-state index contributed by atoms with van der Waals surface area (Å²) < 4.78 is 8.54. The summed E-state index contributed by atoms with van der Waals surface area (Å²) in [5, 5.41) is 6.91. The van der Waals surface area contributed by atoms with Gasteiger partial charge in [-0.05, 0) is 0 Å². The maximum absolute atomic E-state index is 12.2. The number of carbonyl (C=O) groups excluding carboxylic acids is 1. The SMILES string of the molecule is COc1nn(C)cc1C(=O)NCCn1ccnc1-c1cnccn1. The Morgan fingerprint density at radius 3 is 2.92 bits per heavy atom. The molecular weight excluding hydrogens is 310 g/mol. The molecule has 124 valence electrons. The van der Waals surface area contributed by atoms with E-state index in [-0.39, 0.29) is 5.91 Å². The van der Waals surface area contributed by atoms with Crippen molar-refractivity contribution in [1.29, 1.82) is 0 Å². The number of amides is 1. The Labute approximate surface area is 138 Å². The van der Waals surface area contributed by atoms with Crippen LogP contribution >= 0.6 is 0 Å². The molecule has 9 nitrogen and oxygen atoms in total. The van der Waals surface area contributed by atoms with Crippen LogP contribution in [0.5, 0.6) is 5.88 Å². The lowest BCUT2D eigenvalue weighted by molar-refractivity contribution is 0.0949. The summed E-state index contributed by atoms with van der Waals surface area (Å²) in [7, 11) is 3.22. The molecular formula is C15H17N7O2. The fourth-order valence-electron chi connectivity index (χ4n) is 2.30. The van der Waals surface area contributed by atoms with Gasteiger partial charge in [-0.3, -0.25) is 14.5 Å². The maximum atomic E-state index is 12.2. The van der Waals surface area contributed by atoms with Gasteiger partial charge in [-0.15, -0.1) is 5.10 Å². The molecule has 0 fully saturated rings. The molecule has 0 aliphatic rings. The summed E-state index contributed by atoms with van der Waals surface area (Å²) in [5.74, 6) is 0.773. The van der Waals surface area contributed by atoms with Gasteiger partial charge in [0, 0.05) is 51.1 Å². The summed E-state index contributed by atoms with van der Waals surface area (Å²) >= 11 is 0. The monoisotopic (exact) mass is 327 g/mol. The van der Waals surface area contributed by atoms with E-state index < -0.39 is 0 Å². The van der Waals surface area contributed by atoms with Crippen molar-refractivity contribution in [3.63, 3.8) is 0 Å². The van der Waals surface area contributed by atoms with Crippen LogP contribution in [0.1, 0.15) is 10.4 Å². The average Bonchev–Trinajstić information content (AvgIpc) is 3.21. The van der Waals surface area contributed by atoms with Crippen LogP contribution in [0.3, 0.4) is 0 Å². The smallest absolute Gasteiger partial charge is 0.258 e. The lowest BCUT2D eigenvalue weighted by Gasteiger charge is -2.08. The Kier molecular flexibility index (Phi) is 4.50. The van der Waals surface area contributed by atoms with E-state index in [2.05, 4.69) is 25.4 Å². The van der Waals surface area contributed by atoms with Crippen molar-refractivity contribution >= 4 is 5.91 Å². The number of nitrogens with one attached hydrogen (secondary N) is 1. The highest BCUT2D eigenvalue weighted by Crippen LogP contribution is 2.15. The number of hydrogen-bond donors (Lipinski definition) is 1. The summed E-state index contributed by atoms with van der Waals surface area (Å²) in [5.41, 5.74) is 1.09. The van der Waals surface area contributed by atoms with Gasteiger partial charge in [0.2, 0.25) is 5.88 Å². The summed E-state index contributed by atoms with van der Waals surface area (Å²) in [6.07, 6.45) is 10.0. The number of hydrogen-bond acceptors (Lipinski definition) is 6. The topological polar surface area (TPSA) is 99.8 Å². The zero-order chi connectivity index (χ0) is 16.9. The number of carbonyl (C=O) groups is 1. The first kappa shape index (κ1) is 15.7. The van der Waals surface area contributed by atoms with Crippen molar-refractivity contribution in [1.82, 2.24) is 34.6 Å². The summed E-state index contributed by atoms with van der Waals surface area (Å²) in [6, 6.07) is 0. The van der Waals surface area contributed by atoms with Crippen LogP contribution in [-0.4, -0.2) is 48.9 Å². The minimum atomic E-state index is -0.235. The molecule has 24 heavy (non-hydrogen) atoms. The van der Waals surface area contributed by atoms with E-state index in [1.54, 1.807) is 38.0 Å². The molecule has 0 saturated carbocycles. The number of aryl methyl sites for hydroxylation is 1. The Bertz CT molecular complexity index is 825.